The third kappa shape index (κ3) is 2.97. The predicted molar refractivity (Wildman–Crippen MR) is 53.8 cm³/mol. The van der Waals surface area contributed by atoms with Gasteiger partial charge in [-0.05, 0) is 25.4 Å². The van der Waals surface area contributed by atoms with Crippen LogP contribution in [0.25, 0.3) is 0 Å². The fraction of sp³-hybridized carbons (Fsp3) is 0.571. The highest BCUT2D eigenvalue weighted by atomic mass is 35.5. The summed E-state index contributed by atoms with van der Waals surface area (Å²) in [4.78, 5) is 11.5. The molecule has 0 unspecified atom stereocenters. The Morgan fingerprint density at radius 2 is 2.00 bits per heavy atom. The number of hydrogen-bond donors (Lipinski definition) is 2. The molecule has 1 aromatic rings. The summed E-state index contributed by atoms with van der Waals surface area (Å²) in [6.07, 6.45) is 0. The van der Waals surface area contributed by atoms with Crippen LogP contribution in [0.2, 0.25) is 5.28 Å². The van der Waals surface area contributed by atoms with Crippen molar-refractivity contribution >= 4 is 23.5 Å². The van der Waals surface area contributed by atoms with Crippen LogP contribution in [0, 0.1) is 0 Å². The van der Waals surface area contributed by atoms with E-state index in [0.29, 0.717) is 5.95 Å². The van der Waals surface area contributed by atoms with E-state index < -0.39 is 0 Å². The number of hydroxylamine groups is 1. The lowest BCUT2D eigenvalue weighted by atomic mass is 10.4. The van der Waals surface area contributed by atoms with Gasteiger partial charge in [0.1, 0.15) is 0 Å². The molecule has 0 aliphatic carbocycles. The highest BCUT2D eigenvalue weighted by molar-refractivity contribution is 6.28. The van der Waals surface area contributed by atoms with E-state index in [9.17, 15) is 0 Å². The zero-order valence-electron chi connectivity index (χ0n) is 8.19. The molecule has 0 fully saturated rings. The minimum absolute atomic E-state index is 0.0408. The van der Waals surface area contributed by atoms with Crippen molar-refractivity contribution in [2.75, 3.05) is 17.4 Å². The maximum atomic E-state index is 9.10. The standard InChI is InChI=1S/C7H12ClN5O/c1-4(2)9-6-10-5(8)11-7(12-6)13(3)14/h4,14H,1-3H3,(H,9,10,11,12). The second-order valence-corrected chi connectivity index (χ2v) is 3.39. The van der Waals surface area contributed by atoms with Crippen LogP contribution in [0.1, 0.15) is 13.8 Å². The van der Waals surface area contributed by atoms with E-state index in [1.165, 1.54) is 7.05 Å². The Bertz CT molecular complexity index is 317. The maximum absolute atomic E-state index is 9.10. The molecule has 14 heavy (non-hydrogen) atoms. The van der Waals surface area contributed by atoms with Crippen molar-refractivity contribution in [3.05, 3.63) is 5.28 Å². The first-order valence-electron chi connectivity index (χ1n) is 4.09. The molecule has 0 atom stereocenters. The van der Waals surface area contributed by atoms with Gasteiger partial charge in [0, 0.05) is 13.1 Å². The SMILES string of the molecule is CC(C)Nc1nc(Cl)nc(N(C)O)n1. The molecule has 1 heterocycles. The van der Waals surface area contributed by atoms with Gasteiger partial charge < -0.3 is 5.32 Å². The Hall–Kier alpha value is -1.14. The molecule has 0 aliphatic rings. The van der Waals surface area contributed by atoms with Crippen LogP contribution < -0.4 is 10.4 Å². The number of hydrogen-bond acceptors (Lipinski definition) is 6. The third-order valence-electron chi connectivity index (χ3n) is 1.30. The maximum Gasteiger partial charge on any atom is 0.255 e. The summed E-state index contributed by atoms with van der Waals surface area (Å²) in [5, 5.41) is 12.9. The second kappa shape index (κ2) is 4.39. The van der Waals surface area contributed by atoms with Gasteiger partial charge >= 0.3 is 0 Å². The van der Waals surface area contributed by atoms with Crippen molar-refractivity contribution in [3.63, 3.8) is 0 Å². The normalized spacial score (nSPS) is 10.4. The lowest BCUT2D eigenvalue weighted by molar-refractivity contribution is 0.272. The molecule has 2 N–H and O–H groups in total. The zero-order chi connectivity index (χ0) is 10.7. The molecule has 0 spiro atoms. The number of nitrogens with zero attached hydrogens (tertiary/aromatic N) is 4. The van der Waals surface area contributed by atoms with Crippen molar-refractivity contribution in [2.45, 2.75) is 19.9 Å². The van der Waals surface area contributed by atoms with Crippen LogP contribution in [0.5, 0.6) is 0 Å². The number of anilines is 2. The van der Waals surface area contributed by atoms with E-state index in [-0.39, 0.29) is 17.3 Å². The number of aromatic nitrogens is 3. The third-order valence-corrected chi connectivity index (χ3v) is 1.47. The van der Waals surface area contributed by atoms with Crippen LogP contribution in [0.3, 0.4) is 0 Å². The average Bonchev–Trinajstić information content (AvgIpc) is 2.01. The van der Waals surface area contributed by atoms with Crippen molar-refractivity contribution in [3.8, 4) is 0 Å². The number of halogens is 1. The molecule has 0 saturated heterocycles. The molecule has 0 bridgehead atoms. The first-order valence-corrected chi connectivity index (χ1v) is 4.47. The summed E-state index contributed by atoms with van der Waals surface area (Å²) >= 11 is 5.64. The highest BCUT2D eigenvalue weighted by Crippen LogP contribution is 2.11. The Balaban J connectivity index is 2.95. The fourth-order valence-corrected chi connectivity index (χ4v) is 0.963. The van der Waals surface area contributed by atoms with Gasteiger partial charge in [0.25, 0.3) is 5.95 Å². The van der Waals surface area contributed by atoms with E-state index >= 15 is 0 Å². The van der Waals surface area contributed by atoms with E-state index in [1.807, 2.05) is 13.8 Å². The number of nitrogens with one attached hydrogen (secondary N) is 1. The van der Waals surface area contributed by atoms with Crippen LogP contribution in [-0.2, 0) is 0 Å². The van der Waals surface area contributed by atoms with E-state index in [4.69, 9.17) is 16.8 Å². The van der Waals surface area contributed by atoms with Crippen LogP contribution in [0.15, 0.2) is 0 Å². The Morgan fingerprint density at radius 1 is 1.36 bits per heavy atom. The van der Waals surface area contributed by atoms with Crippen molar-refractivity contribution in [1.82, 2.24) is 15.0 Å². The molecule has 0 saturated carbocycles. The average molecular weight is 218 g/mol. The first-order chi connectivity index (χ1) is 6.49. The summed E-state index contributed by atoms with van der Waals surface area (Å²) < 4.78 is 0. The van der Waals surface area contributed by atoms with Crippen molar-refractivity contribution in [2.24, 2.45) is 0 Å². The van der Waals surface area contributed by atoms with Gasteiger partial charge in [-0.25, -0.2) is 5.06 Å². The molecule has 6 nitrogen and oxygen atoms in total. The largest absolute Gasteiger partial charge is 0.352 e. The van der Waals surface area contributed by atoms with Gasteiger partial charge in [0.2, 0.25) is 11.2 Å². The van der Waals surface area contributed by atoms with Gasteiger partial charge in [-0.1, -0.05) is 0 Å². The van der Waals surface area contributed by atoms with Crippen LogP contribution >= 0.6 is 11.6 Å². The van der Waals surface area contributed by atoms with E-state index in [2.05, 4.69) is 20.3 Å². The first kappa shape index (κ1) is 10.9. The summed E-state index contributed by atoms with van der Waals surface area (Å²) in [7, 11) is 1.41. The lowest BCUT2D eigenvalue weighted by Crippen LogP contribution is -2.18. The summed E-state index contributed by atoms with van der Waals surface area (Å²) in [6.45, 7) is 3.89. The monoisotopic (exact) mass is 217 g/mol. The van der Waals surface area contributed by atoms with Crippen LogP contribution in [0.4, 0.5) is 11.9 Å². The van der Waals surface area contributed by atoms with Crippen molar-refractivity contribution in [1.29, 1.82) is 0 Å². The van der Waals surface area contributed by atoms with Gasteiger partial charge in [0.05, 0.1) is 0 Å². The summed E-state index contributed by atoms with van der Waals surface area (Å²) in [6, 6.07) is 0.185. The van der Waals surface area contributed by atoms with Crippen molar-refractivity contribution < 1.29 is 5.21 Å². The molecule has 0 radical (unpaired) electrons. The van der Waals surface area contributed by atoms with Gasteiger partial charge in [-0.15, -0.1) is 0 Å². The molecule has 1 rings (SSSR count). The van der Waals surface area contributed by atoms with E-state index in [0.717, 1.165) is 5.06 Å². The topological polar surface area (TPSA) is 74.2 Å². The van der Waals surface area contributed by atoms with Gasteiger partial charge in [-0.2, -0.15) is 15.0 Å². The molecule has 0 amide bonds. The quantitative estimate of drug-likeness (QED) is 0.741. The Labute approximate surface area is 86.9 Å². The Kier molecular flexibility index (Phi) is 3.43. The molecule has 0 aliphatic heterocycles. The molecular formula is C7H12ClN5O. The zero-order valence-corrected chi connectivity index (χ0v) is 8.95. The van der Waals surface area contributed by atoms with E-state index in [1.54, 1.807) is 0 Å². The molecule has 78 valence electrons. The molecule has 0 aromatic carbocycles. The second-order valence-electron chi connectivity index (χ2n) is 3.05. The molecular weight excluding hydrogens is 206 g/mol. The Morgan fingerprint density at radius 3 is 2.50 bits per heavy atom. The van der Waals surface area contributed by atoms with Crippen LogP contribution in [-0.4, -0.2) is 33.2 Å². The fourth-order valence-electron chi connectivity index (χ4n) is 0.807. The van der Waals surface area contributed by atoms with Gasteiger partial charge in [0.15, 0.2) is 0 Å². The molecule has 1 aromatic heterocycles. The summed E-state index contributed by atoms with van der Waals surface area (Å²) in [5.74, 6) is 0.448. The number of rotatable bonds is 3. The lowest BCUT2D eigenvalue weighted by Gasteiger charge is -2.11. The minimum Gasteiger partial charge on any atom is -0.352 e. The van der Waals surface area contributed by atoms with Gasteiger partial charge in [-0.3, -0.25) is 5.21 Å². The predicted octanol–water partition coefficient (Wildman–Crippen LogP) is 1.17. The minimum atomic E-state index is 0.0408. The smallest absolute Gasteiger partial charge is 0.255 e. The highest BCUT2D eigenvalue weighted by Gasteiger charge is 2.07. The molecule has 7 heteroatoms. The summed E-state index contributed by atoms with van der Waals surface area (Å²) in [5.41, 5.74) is 0.